The summed E-state index contributed by atoms with van der Waals surface area (Å²) in [6.45, 7) is 2.18. The summed E-state index contributed by atoms with van der Waals surface area (Å²) >= 11 is 0. The van der Waals surface area contributed by atoms with E-state index >= 15 is 0 Å². The van der Waals surface area contributed by atoms with Crippen molar-refractivity contribution in [3.63, 3.8) is 0 Å². The maximum atomic E-state index is 12.9. The average molecular weight is 257 g/mol. The van der Waals surface area contributed by atoms with Crippen LogP contribution in [0.15, 0.2) is 48.5 Å². The fourth-order valence-corrected chi connectivity index (χ4v) is 2.08. The lowest BCUT2D eigenvalue weighted by Gasteiger charge is -2.10. The van der Waals surface area contributed by atoms with Gasteiger partial charge in [0, 0.05) is 6.04 Å². The van der Waals surface area contributed by atoms with Crippen molar-refractivity contribution in [1.82, 2.24) is 5.32 Å². The molecule has 1 nitrogen and oxygen atoms in total. The van der Waals surface area contributed by atoms with Gasteiger partial charge in [0.2, 0.25) is 0 Å². The Morgan fingerprint density at radius 1 is 1.05 bits per heavy atom. The van der Waals surface area contributed by atoms with Gasteiger partial charge in [0.25, 0.3) is 0 Å². The molecule has 2 rings (SSSR count). The Kier molecular flexibility index (Phi) is 4.69. The van der Waals surface area contributed by atoms with Crippen molar-refractivity contribution < 1.29 is 4.39 Å². The molecule has 0 bridgehead atoms. The second-order valence-electron chi connectivity index (χ2n) is 4.94. The molecule has 2 aromatic carbocycles. The Morgan fingerprint density at radius 3 is 2.47 bits per heavy atom. The minimum absolute atomic E-state index is 0.192. The predicted octanol–water partition coefficient (Wildman–Crippen LogP) is 4.03. The van der Waals surface area contributed by atoms with Crippen LogP contribution in [-0.4, -0.2) is 13.1 Å². The van der Waals surface area contributed by atoms with Crippen LogP contribution in [0.25, 0.3) is 11.1 Å². The number of rotatable bonds is 5. The first kappa shape index (κ1) is 13.8. The molecule has 0 heterocycles. The molecule has 100 valence electrons. The number of halogens is 1. The van der Waals surface area contributed by atoms with Crippen molar-refractivity contribution in [2.45, 2.75) is 25.8 Å². The smallest absolute Gasteiger partial charge is 0.123 e. The van der Waals surface area contributed by atoms with E-state index in [1.807, 2.05) is 19.2 Å². The van der Waals surface area contributed by atoms with Crippen LogP contribution in [0, 0.1) is 5.82 Å². The van der Waals surface area contributed by atoms with Gasteiger partial charge in [0.05, 0.1) is 0 Å². The fourth-order valence-electron chi connectivity index (χ4n) is 2.08. The minimum Gasteiger partial charge on any atom is -0.317 e. The molecule has 0 amide bonds. The van der Waals surface area contributed by atoms with Crippen molar-refractivity contribution >= 4 is 0 Å². The van der Waals surface area contributed by atoms with E-state index in [4.69, 9.17) is 0 Å². The summed E-state index contributed by atoms with van der Waals surface area (Å²) in [5, 5.41) is 3.25. The first-order valence-electron chi connectivity index (χ1n) is 6.71. The standard InChI is InChI=1S/C17H20FN/c1-13(19-2)6-7-14-4-3-5-16(12-14)15-8-10-17(18)11-9-15/h3-5,8-13,19H,6-7H2,1-2H3. The lowest BCUT2D eigenvalue weighted by molar-refractivity contribution is 0.565. The molecule has 0 saturated heterocycles. The molecule has 0 aromatic heterocycles. The third kappa shape index (κ3) is 3.90. The lowest BCUT2D eigenvalue weighted by Crippen LogP contribution is -2.21. The molecule has 0 aliphatic carbocycles. The third-order valence-electron chi connectivity index (χ3n) is 3.46. The zero-order chi connectivity index (χ0) is 13.7. The van der Waals surface area contributed by atoms with Gasteiger partial charge in [-0.05, 0) is 55.6 Å². The summed E-state index contributed by atoms with van der Waals surface area (Å²) in [5.74, 6) is -0.192. The van der Waals surface area contributed by atoms with Crippen molar-refractivity contribution in [2.24, 2.45) is 0 Å². The van der Waals surface area contributed by atoms with E-state index in [-0.39, 0.29) is 5.82 Å². The van der Waals surface area contributed by atoms with Crippen molar-refractivity contribution in [1.29, 1.82) is 0 Å². The zero-order valence-corrected chi connectivity index (χ0v) is 11.5. The highest BCUT2D eigenvalue weighted by atomic mass is 19.1. The maximum absolute atomic E-state index is 12.9. The van der Waals surface area contributed by atoms with Crippen LogP contribution in [0.5, 0.6) is 0 Å². The maximum Gasteiger partial charge on any atom is 0.123 e. The summed E-state index contributed by atoms with van der Waals surface area (Å²) in [6.07, 6.45) is 2.17. The molecule has 0 aliphatic heterocycles. The minimum atomic E-state index is -0.192. The van der Waals surface area contributed by atoms with E-state index in [0.29, 0.717) is 6.04 Å². The number of hydrogen-bond donors (Lipinski definition) is 1. The van der Waals surface area contributed by atoms with Gasteiger partial charge in [-0.15, -0.1) is 0 Å². The van der Waals surface area contributed by atoms with Gasteiger partial charge in [-0.25, -0.2) is 4.39 Å². The highest BCUT2D eigenvalue weighted by Crippen LogP contribution is 2.21. The van der Waals surface area contributed by atoms with Crippen molar-refractivity contribution in [2.75, 3.05) is 7.05 Å². The summed E-state index contributed by atoms with van der Waals surface area (Å²) in [4.78, 5) is 0. The van der Waals surface area contributed by atoms with Crippen LogP contribution >= 0.6 is 0 Å². The topological polar surface area (TPSA) is 12.0 Å². The van der Waals surface area contributed by atoms with E-state index in [9.17, 15) is 4.39 Å². The molecule has 0 fully saturated rings. The Balaban J connectivity index is 2.12. The molecule has 1 N–H and O–H groups in total. The number of aryl methyl sites for hydroxylation is 1. The van der Waals surface area contributed by atoms with E-state index < -0.39 is 0 Å². The average Bonchev–Trinajstić information content (AvgIpc) is 2.46. The lowest BCUT2D eigenvalue weighted by atomic mass is 10.00. The van der Waals surface area contributed by atoms with Gasteiger partial charge in [0.1, 0.15) is 5.82 Å². The normalized spacial score (nSPS) is 12.4. The van der Waals surface area contributed by atoms with Crippen LogP contribution in [0.4, 0.5) is 4.39 Å². The van der Waals surface area contributed by atoms with Gasteiger partial charge >= 0.3 is 0 Å². The first-order chi connectivity index (χ1) is 9.19. The first-order valence-corrected chi connectivity index (χ1v) is 6.71. The van der Waals surface area contributed by atoms with Crippen LogP contribution in [0.3, 0.4) is 0 Å². The van der Waals surface area contributed by atoms with E-state index in [1.165, 1.54) is 17.7 Å². The number of benzene rings is 2. The second kappa shape index (κ2) is 6.48. The summed E-state index contributed by atoms with van der Waals surface area (Å²) < 4.78 is 12.9. The van der Waals surface area contributed by atoms with Gasteiger partial charge in [-0.2, -0.15) is 0 Å². The van der Waals surface area contributed by atoms with E-state index in [2.05, 4.69) is 36.5 Å². The third-order valence-corrected chi connectivity index (χ3v) is 3.46. The fraction of sp³-hybridized carbons (Fsp3) is 0.294. The number of nitrogens with one attached hydrogen (secondary N) is 1. The molecule has 19 heavy (non-hydrogen) atoms. The van der Waals surface area contributed by atoms with Crippen LogP contribution < -0.4 is 5.32 Å². The molecule has 1 unspecified atom stereocenters. The molecular weight excluding hydrogens is 237 g/mol. The molecule has 0 radical (unpaired) electrons. The highest BCUT2D eigenvalue weighted by Gasteiger charge is 2.02. The Labute approximate surface area is 114 Å². The molecule has 1 atom stereocenters. The molecular formula is C17H20FN. The van der Waals surface area contributed by atoms with Gasteiger partial charge in [-0.3, -0.25) is 0 Å². The zero-order valence-electron chi connectivity index (χ0n) is 11.5. The molecule has 2 heteroatoms. The largest absolute Gasteiger partial charge is 0.317 e. The summed E-state index contributed by atoms with van der Waals surface area (Å²) in [6, 6.07) is 15.7. The Bertz CT molecular complexity index is 519. The summed E-state index contributed by atoms with van der Waals surface area (Å²) in [7, 11) is 1.99. The van der Waals surface area contributed by atoms with Crippen molar-refractivity contribution in [3.05, 3.63) is 59.9 Å². The molecule has 0 spiro atoms. The van der Waals surface area contributed by atoms with Crippen LogP contribution in [-0.2, 0) is 6.42 Å². The molecule has 0 aliphatic rings. The van der Waals surface area contributed by atoms with Crippen LogP contribution in [0.2, 0.25) is 0 Å². The highest BCUT2D eigenvalue weighted by molar-refractivity contribution is 5.64. The second-order valence-corrected chi connectivity index (χ2v) is 4.94. The predicted molar refractivity (Wildman–Crippen MR) is 78.7 cm³/mol. The molecule has 2 aromatic rings. The number of hydrogen-bond acceptors (Lipinski definition) is 1. The van der Waals surface area contributed by atoms with Gasteiger partial charge < -0.3 is 5.32 Å². The van der Waals surface area contributed by atoms with E-state index in [0.717, 1.165) is 24.0 Å². The van der Waals surface area contributed by atoms with Gasteiger partial charge in [0.15, 0.2) is 0 Å². The molecule has 0 saturated carbocycles. The monoisotopic (exact) mass is 257 g/mol. The summed E-state index contributed by atoms with van der Waals surface area (Å²) in [5.41, 5.74) is 3.53. The van der Waals surface area contributed by atoms with Gasteiger partial charge in [-0.1, -0.05) is 36.4 Å². The SMILES string of the molecule is CNC(C)CCc1cccc(-c2ccc(F)cc2)c1. The van der Waals surface area contributed by atoms with Crippen molar-refractivity contribution in [3.8, 4) is 11.1 Å². The Morgan fingerprint density at radius 2 is 1.79 bits per heavy atom. The van der Waals surface area contributed by atoms with E-state index in [1.54, 1.807) is 0 Å². The van der Waals surface area contributed by atoms with Crippen LogP contribution in [0.1, 0.15) is 18.9 Å². The Hall–Kier alpha value is -1.67. The quantitative estimate of drug-likeness (QED) is 0.852.